The molecule has 2 N–H and O–H groups in total. The predicted molar refractivity (Wildman–Crippen MR) is 113 cm³/mol. The van der Waals surface area contributed by atoms with Crippen LogP contribution in [0, 0.1) is 0 Å². The summed E-state index contributed by atoms with van der Waals surface area (Å²) >= 11 is 6.58. The van der Waals surface area contributed by atoms with E-state index >= 15 is 0 Å². The number of likely N-dealkylation sites (tertiary alicyclic amines) is 1. The highest BCUT2D eigenvalue weighted by Crippen LogP contribution is 2.48. The molecule has 2 aliphatic heterocycles. The van der Waals surface area contributed by atoms with Crippen LogP contribution in [0.25, 0.3) is 11.1 Å². The third kappa shape index (κ3) is 3.29. The Balaban J connectivity index is 1.53. The lowest BCUT2D eigenvalue weighted by atomic mass is 9.74. The second-order valence-corrected chi connectivity index (χ2v) is 9.33. The van der Waals surface area contributed by atoms with Crippen LogP contribution in [0.1, 0.15) is 50.0 Å². The van der Waals surface area contributed by atoms with Gasteiger partial charge in [-0.1, -0.05) is 30.9 Å². The number of anilines is 1. The van der Waals surface area contributed by atoms with Crippen molar-refractivity contribution in [3.8, 4) is 0 Å². The largest absolute Gasteiger partial charge is 0.439 e. The summed E-state index contributed by atoms with van der Waals surface area (Å²) in [4.78, 5) is 21.8. The van der Waals surface area contributed by atoms with Crippen LogP contribution in [-0.2, 0) is 12.1 Å². The number of benzene rings is 1. The van der Waals surface area contributed by atoms with Crippen molar-refractivity contribution < 1.29 is 9.21 Å². The van der Waals surface area contributed by atoms with Gasteiger partial charge in [0.1, 0.15) is 5.52 Å². The van der Waals surface area contributed by atoms with Crippen molar-refractivity contribution in [2.75, 3.05) is 32.5 Å². The molecule has 2 amide bonds. The molecule has 2 fully saturated rings. The van der Waals surface area contributed by atoms with Gasteiger partial charge in [-0.05, 0) is 39.4 Å². The first kappa shape index (κ1) is 19.2. The molecule has 1 unspecified atom stereocenters. The average molecular weight is 418 g/mol. The van der Waals surface area contributed by atoms with Gasteiger partial charge in [0.05, 0.1) is 22.8 Å². The molecule has 1 aromatic carbocycles. The smallest absolute Gasteiger partial charge is 0.319 e. The van der Waals surface area contributed by atoms with Crippen LogP contribution in [0.3, 0.4) is 0 Å². The van der Waals surface area contributed by atoms with E-state index in [1.807, 2.05) is 6.07 Å². The molecule has 29 heavy (non-hydrogen) atoms. The fourth-order valence-electron chi connectivity index (χ4n) is 5.25. The number of nitrogens with one attached hydrogen (secondary N) is 2. The Morgan fingerprint density at radius 2 is 2.14 bits per heavy atom. The van der Waals surface area contributed by atoms with E-state index in [-0.39, 0.29) is 6.03 Å². The number of rotatable bonds is 3. The number of aromatic nitrogens is 1. The molecule has 3 aliphatic rings. The summed E-state index contributed by atoms with van der Waals surface area (Å²) in [6, 6.07) is 2.20. The summed E-state index contributed by atoms with van der Waals surface area (Å²) in [5.74, 6) is 0.715. The van der Waals surface area contributed by atoms with Crippen LogP contribution in [0.5, 0.6) is 0 Å². The van der Waals surface area contributed by atoms with E-state index in [0.29, 0.717) is 29.2 Å². The number of carbonyl (C=O) groups excluding carboxylic acids is 1. The van der Waals surface area contributed by atoms with Crippen molar-refractivity contribution in [1.82, 2.24) is 20.1 Å². The zero-order valence-electron chi connectivity index (χ0n) is 17.1. The van der Waals surface area contributed by atoms with Crippen molar-refractivity contribution >= 4 is 34.4 Å². The van der Waals surface area contributed by atoms with Crippen LogP contribution < -0.4 is 10.6 Å². The number of likely N-dealkylation sites (N-methyl/N-ethyl adjacent to an activating group) is 1. The van der Waals surface area contributed by atoms with E-state index in [0.717, 1.165) is 61.9 Å². The first-order chi connectivity index (χ1) is 13.9. The highest BCUT2D eigenvalue weighted by atomic mass is 35.5. The van der Waals surface area contributed by atoms with E-state index in [9.17, 15) is 4.79 Å². The van der Waals surface area contributed by atoms with Gasteiger partial charge < -0.3 is 20.0 Å². The van der Waals surface area contributed by atoms with Crippen LogP contribution in [0.4, 0.5) is 10.5 Å². The van der Waals surface area contributed by atoms with E-state index in [2.05, 4.69) is 34.5 Å². The minimum absolute atomic E-state index is 0.188. The van der Waals surface area contributed by atoms with Crippen LogP contribution in [0.15, 0.2) is 10.5 Å². The quantitative estimate of drug-likeness (QED) is 0.792. The molecule has 1 spiro atoms. The van der Waals surface area contributed by atoms with E-state index in [1.54, 1.807) is 0 Å². The molecule has 1 aliphatic carbocycles. The monoisotopic (exact) mass is 417 g/mol. The molecule has 0 radical (unpaired) electrons. The number of halogens is 1. The van der Waals surface area contributed by atoms with Crippen molar-refractivity contribution in [3.63, 3.8) is 0 Å². The number of hydrogen-bond acceptors (Lipinski definition) is 5. The Labute approximate surface area is 175 Å². The van der Waals surface area contributed by atoms with Gasteiger partial charge in [-0.15, -0.1) is 0 Å². The molecule has 156 valence electrons. The minimum Gasteiger partial charge on any atom is -0.439 e. The maximum atomic E-state index is 12.4. The fraction of sp³-hybridized carbons (Fsp3) is 0.619. The normalized spacial score (nSPS) is 24.1. The summed E-state index contributed by atoms with van der Waals surface area (Å²) in [5, 5.41) is 6.63. The zero-order valence-corrected chi connectivity index (χ0v) is 17.8. The van der Waals surface area contributed by atoms with E-state index in [4.69, 9.17) is 21.0 Å². The second-order valence-electron chi connectivity index (χ2n) is 8.93. The summed E-state index contributed by atoms with van der Waals surface area (Å²) in [7, 11) is 4.26. The number of carbonyl (C=O) groups is 1. The van der Waals surface area contributed by atoms with Crippen LogP contribution >= 0.6 is 11.6 Å². The molecule has 5 rings (SSSR count). The molecule has 1 aromatic heterocycles. The predicted octanol–water partition coefficient (Wildman–Crippen LogP) is 3.91. The summed E-state index contributed by atoms with van der Waals surface area (Å²) in [6.07, 6.45) is 6.30. The summed E-state index contributed by atoms with van der Waals surface area (Å²) < 4.78 is 6.33. The van der Waals surface area contributed by atoms with Gasteiger partial charge in [-0.2, -0.15) is 0 Å². The lowest BCUT2D eigenvalue weighted by Crippen LogP contribution is -2.52. The molecule has 1 saturated heterocycles. The van der Waals surface area contributed by atoms with Crippen molar-refractivity contribution in [1.29, 1.82) is 0 Å². The SMILES string of the molecule is CN(C)C1CCN(Cc2nc3cc(Cl)c4c(c3o2)C2(CCCCC2)NC(=O)N4)C1. The third-order valence-corrected chi connectivity index (χ3v) is 7.09. The van der Waals surface area contributed by atoms with Gasteiger partial charge in [-0.3, -0.25) is 4.90 Å². The van der Waals surface area contributed by atoms with E-state index < -0.39 is 5.54 Å². The zero-order chi connectivity index (χ0) is 20.2. The van der Waals surface area contributed by atoms with Crippen molar-refractivity contribution in [2.24, 2.45) is 0 Å². The second kappa shape index (κ2) is 7.15. The van der Waals surface area contributed by atoms with Crippen molar-refractivity contribution in [2.45, 2.75) is 56.7 Å². The van der Waals surface area contributed by atoms with Crippen molar-refractivity contribution in [3.05, 3.63) is 22.5 Å². The average Bonchev–Trinajstić information content (AvgIpc) is 3.29. The number of oxazole rings is 1. The summed E-state index contributed by atoms with van der Waals surface area (Å²) in [5.41, 5.74) is 2.78. The van der Waals surface area contributed by atoms with E-state index in [1.165, 1.54) is 6.42 Å². The van der Waals surface area contributed by atoms with Crippen LogP contribution in [-0.4, -0.2) is 54.0 Å². The standard InChI is InChI=1S/C21H28ClN5O2/c1-26(2)13-6-9-27(11-13)12-16-23-15-10-14(22)18-17(19(15)29-16)21(25-20(28)24-18)7-4-3-5-8-21/h10,13H,3-9,11-12H2,1-2H3,(H2,24,25,28). The number of hydrogen-bond donors (Lipinski definition) is 2. The van der Waals surface area contributed by atoms with Gasteiger partial charge in [-0.25, -0.2) is 9.78 Å². The topological polar surface area (TPSA) is 73.6 Å². The van der Waals surface area contributed by atoms with Crippen LogP contribution in [0.2, 0.25) is 5.02 Å². The third-order valence-electron chi connectivity index (χ3n) is 6.79. The molecule has 8 heteroatoms. The van der Waals surface area contributed by atoms with Gasteiger partial charge in [0.15, 0.2) is 5.58 Å². The van der Waals surface area contributed by atoms with Gasteiger partial charge in [0.25, 0.3) is 0 Å². The minimum atomic E-state index is -0.417. The summed E-state index contributed by atoms with van der Waals surface area (Å²) in [6.45, 7) is 2.76. The van der Waals surface area contributed by atoms with Gasteiger partial charge >= 0.3 is 6.03 Å². The first-order valence-corrected chi connectivity index (χ1v) is 10.9. The maximum absolute atomic E-state index is 12.4. The molecular weight excluding hydrogens is 390 g/mol. The Kier molecular flexibility index (Phi) is 4.72. The molecule has 1 atom stereocenters. The highest BCUT2D eigenvalue weighted by molar-refractivity contribution is 6.35. The Morgan fingerprint density at radius 3 is 2.86 bits per heavy atom. The van der Waals surface area contributed by atoms with Gasteiger partial charge in [0, 0.05) is 24.7 Å². The Hall–Kier alpha value is -1.83. The molecule has 7 nitrogen and oxygen atoms in total. The lowest BCUT2D eigenvalue weighted by molar-refractivity contribution is 0.208. The fourth-order valence-corrected chi connectivity index (χ4v) is 5.50. The molecule has 2 aromatic rings. The highest BCUT2D eigenvalue weighted by Gasteiger charge is 2.44. The number of fused-ring (bicyclic) bond motifs is 4. The number of urea groups is 1. The lowest BCUT2D eigenvalue weighted by Gasteiger charge is -2.42. The number of nitrogens with zero attached hydrogens (tertiary/aromatic N) is 3. The maximum Gasteiger partial charge on any atom is 0.319 e. The molecule has 1 saturated carbocycles. The molecule has 3 heterocycles. The Morgan fingerprint density at radius 1 is 1.34 bits per heavy atom. The van der Waals surface area contributed by atoms with Gasteiger partial charge in [0.2, 0.25) is 5.89 Å². The Bertz CT molecular complexity index is 950. The molecular formula is C21H28ClN5O2. The first-order valence-electron chi connectivity index (χ1n) is 10.6. The molecule has 0 bridgehead atoms. The number of amides is 2.